The molecule has 176 valence electrons. The molecule has 4 N–H and O–H groups in total. The van der Waals surface area contributed by atoms with Gasteiger partial charge in [-0.3, -0.25) is 14.7 Å². The van der Waals surface area contributed by atoms with E-state index >= 15 is 0 Å². The molecule has 0 radical (unpaired) electrons. The third kappa shape index (κ3) is 8.47. The van der Waals surface area contributed by atoms with E-state index < -0.39 is 0 Å². The van der Waals surface area contributed by atoms with Gasteiger partial charge in [0.1, 0.15) is 11.5 Å². The number of piperazine rings is 1. The van der Waals surface area contributed by atoms with E-state index in [0.717, 1.165) is 44.7 Å². The smallest absolute Gasteiger partial charge is 0.275 e. The number of hydrogen-bond acceptors (Lipinski definition) is 6. The molecule has 1 aromatic carbocycles. The predicted octanol–water partition coefficient (Wildman–Crippen LogP) is 3.00. The summed E-state index contributed by atoms with van der Waals surface area (Å²) in [6.07, 6.45) is 4.09. The Morgan fingerprint density at radius 1 is 1.22 bits per heavy atom. The Morgan fingerprint density at radius 2 is 1.94 bits per heavy atom. The van der Waals surface area contributed by atoms with E-state index in [1.54, 1.807) is 19.1 Å². The van der Waals surface area contributed by atoms with Gasteiger partial charge < -0.3 is 21.3 Å². The molecular formula is C23H34Cl2N6O. The van der Waals surface area contributed by atoms with E-state index in [0.29, 0.717) is 40.2 Å². The highest BCUT2D eigenvalue weighted by atomic mass is 35.5. The lowest BCUT2D eigenvalue weighted by molar-refractivity contribution is -0.114. The predicted molar refractivity (Wildman–Crippen MR) is 134 cm³/mol. The number of benzene rings is 1. The highest BCUT2D eigenvalue weighted by molar-refractivity contribution is 6.45. The number of nitrogens with two attached hydrogens (primary N) is 1. The molecule has 0 aliphatic carbocycles. The number of carbonyl (C=O) groups is 1. The third-order valence-corrected chi connectivity index (χ3v) is 5.98. The van der Waals surface area contributed by atoms with Gasteiger partial charge >= 0.3 is 0 Å². The summed E-state index contributed by atoms with van der Waals surface area (Å²) in [6, 6.07) is 5.44. The molecule has 0 atom stereocenters. The molecule has 0 aromatic heterocycles. The number of nitrogens with zero attached hydrogens (tertiary/aromatic N) is 3. The summed E-state index contributed by atoms with van der Waals surface area (Å²) in [5.74, 6) is 0.323. The van der Waals surface area contributed by atoms with Crippen LogP contribution in [0, 0.1) is 0 Å². The van der Waals surface area contributed by atoms with Crippen LogP contribution in [0.5, 0.6) is 0 Å². The molecule has 1 amide bonds. The maximum atomic E-state index is 13.0. The second-order valence-electron chi connectivity index (χ2n) is 7.81. The quantitative estimate of drug-likeness (QED) is 0.448. The number of amides is 1. The summed E-state index contributed by atoms with van der Waals surface area (Å²) < 4.78 is 0. The monoisotopic (exact) mass is 480 g/mol. The minimum absolute atomic E-state index is 0.288. The van der Waals surface area contributed by atoms with Crippen LogP contribution in [-0.4, -0.2) is 67.7 Å². The number of carbonyl (C=O) groups excluding carboxylic acids is 1. The Labute approximate surface area is 201 Å². The zero-order chi connectivity index (χ0) is 23.5. The first-order valence-corrected chi connectivity index (χ1v) is 11.6. The molecule has 1 saturated heterocycles. The van der Waals surface area contributed by atoms with E-state index in [9.17, 15) is 4.79 Å². The van der Waals surface area contributed by atoms with Gasteiger partial charge in [-0.05, 0) is 55.9 Å². The van der Waals surface area contributed by atoms with Crippen LogP contribution in [0.15, 0.2) is 46.9 Å². The number of aliphatic imine (C=N–C) groups is 1. The standard InChI is InChI=1S/C23H34Cl2N6O/c1-4-5-21(28-16-18-6-7-19(24)20(25)14-18)29-23(32)22(17(2)15-26)27-8-9-31-12-10-30(3)11-13-31/h5-7,14-15,28H,4,8-13,16,26H2,1-3H3,(H,29,32)/b17-15?,21-5+,27-22?. The van der Waals surface area contributed by atoms with Crippen LogP contribution in [0.2, 0.25) is 10.0 Å². The van der Waals surface area contributed by atoms with Crippen molar-refractivity contribution in [2.45, 2.75) is 26.8 Å². The highest BCUT2D eigenvalue weighted by Crippen LogP contribution is 2.22. The van der Waals surface area contributed by atoms with Gasteiger partial charge in [0, 0.05) is 39.3 Å². The lowest BCUT2D eigenvalue weighted by atomic mass is 10.2. The second-order valence-corrected chi connectivity index (χ2v) is 8.62. The molecular weight excluding hydrogens is 447 g/mol. The van der Waals surface area contributed by atoms with Crippen LogP contribution >= 0.6 is 23.2 Å². The van der Waals surface area contributed by atoms with E-state index in [-0.39, 0.29) is 5.91 Å². The van der Waals surface area contributed by atoms with Gasteiger partial charge in [-0.1, -0.05) is 36.2 Å². The topological polar surface area (TPSA) is 86.0 Å². The van der Waals surface area contributed by atoms with E-state index in [4.69, 9.17) is 28.9 Å². The average Bonchev–Trinajstić information content (AvgIpc) is 2.78. The normalized spacial score (nSPS) is 16.8. The van der Waals surface area contributed by atoms with Crippen molar-refractivity contribution in [2.75, 3.05) is 46.3 Å². The molecule has 1 fully saturated rings. The zero-order valence-electron chi connectivity index (χ0n) is 19.1. The van der Waals surface area contributed by atoms with Crippen molar-refractivity contribution in [3.63, 3.8) is 0 Å². The number of nitrogens with one attached hydrogen (secondary N) is 2. The van der Waals surface area contributed by atoms with E-state index in [2.05, 4.69) is 32.5 Å². The highest BCUT2D eigenvalue weighted by Gasteiger charge is 2.16. The minimum Gasteiger partial charge on any atom is -0.404 e. The fourth-order valence-electron chi connectivity index (χ4n) is 3.23. The Kier molecular flexibility index (Phi) is 11.0. The van der Waals surface area contributed by atoms with Gasteiger partial charge in [0.15, 0.2) is 0 Å². The Morgan fingerprint density at radius 3 is 2.56 bits per heavy atom. The fraction of sp³-hybridized carbons (Fsp3) is 0.478. The van der Waals surface area contributed by atoms with Gasteiger partial charge in [0.05, 0.1) is 16.6 Å². The SMILES string of the molecule is CC/C=C(\NCc1ccc(Cl)c(Cl)c1)NC(=O)C(=NCCN1CCN(C)CC1)C(C)=CN. The van der Waals surface area contributed by atoms with Gasteiger partial charge in [-0.15, -0.1) is 0 Å². The van der Waals surface area contributed by atoms with Crippen molar-refractivity contribution >= 4 is 34.8 Å². The molecule has 1 aromatic rings. The summed E-state index contributed by atoms with van der Waals surface area (Å²) in [4.78, 5) is 22.2. The lowest BCUT2D eigenvalue weighted by Gasteiger charge is -2.31. The lowest BCUT2D eigenvalue weighted by Crippen LogP contribution is -2.45. The van der Waals surface area contributed by atoms with Crippen molar-refractivity contribution < 1.29 is 4.79 Å². The molecule has 7 nitrogen and oxygen atoms in total. The maximum Gasteiger partial charge on any atom is 0.275 e. The van der Waals surface area contributed by atoms with E-state index in [1.807, 2.05) is 19.1 Å². The second kappa shape index (κ2) is 13.5. The first-order chi connectivity index (χ1) is 15.3. The van der Waals surface area contributed by atoms with Crippen molar-refractivity contribution in [2.24, 2.45) is 10.7 Å². The van der Waals surface area contributed by atoms with Crippen LogP contribution in [0.4, 0.5) is 0 Å². The molecule has 0 spiro atoms. The zero-order valence-corrected chi connectivity index (χ0v) is 20.6. The maximum absolute atomic E-state index is 13.0. The van der Waals surface area contributed by atoms with Crippen LogP contribution in [0.1, 0.15) is 25.8 Å². The Hall–Kier alpha value is -2.06. The number of halogens is 2. The van der Waals surface area contributed by atoms with E-state index in [1.165, 1.54) is 6.20 Å². The summed E-state index contributed by atoms with van der Waals surface area (Å²) in [5.41, 5.74) is 7.64. The first kappa shape index (κ1) is 26.2. The molecule has 1 aliphatic heterocycles. The number of allylic oxidation sites excluding steroid dienone is 1. The number of likely N-dealkylation sites (N-methyl/N-ethyl adjacent to an activating group) is 1. The number of rotatable bonds is 10. The minimum atomic E-state index is -0.288. The molecule has 32 heavy (non-hydrogen) atoms. The van der Waals surface area contributed by atoms with Crippen molar-refractivity contribution in [3.05, 3.63) is 57.5 Å². The molecule has 2 rings (SSSR count). The van der Waals surface area contributed by atoms with Crippen LogP contribution < -0.4 is 16.4 Å². The van der Waals surface area contributed by atoms with Gasteiger partial charge in [0.25, 0.3) is 5.91 Å². The Bertz CT molecular complexity index is 860. The molecule has 9 heteroatoms. The third-order valence-electron chi connectivity index (χ3n) is 5.24. The Balaban J connectivity index is 1.99. The van der Waals surface area contributed by atoms with Crippen LogP contribution in [-0.2, 0) is 11.3 Å². The number of hydrogen-bond donors (Lipinski definition) is 3. The van der Waals surface area contributed by atoms with Crippen molar-refractivity contribution in [3.8, 4) is 0 Å². The van der Waals surface area contributed by atoms with Gasteiger partial charge in [-0.25, -0.2) is 0 Å². The summed E-state index contributed by atoms with van der Waals surface area (Å²) in [7, 11) is 2.13. The van der Waals surface area contributed by atoms with Crippen LogP contribution in [0.25, 0.3) is 0 Å². The average molecular weight is 481 g/mol. The fourth-order valence-corrected chi connectivity index (χ4v) is 3.55. The molecule has 0 bridgehead atoms. The van der Waals surface area contributed by atoms with Crippen molar-refractivity contribution in [1.82, 2.24) is 20.4 Å². The molecule has 1 heterocycles. The summed E-state index contributed by atoms with van der Waals surface area (Å²) in [5, 5.41) is 7.18. The summed E-state index contributed by atoms with van der Waals surface area (Å²) >= 11 is 12.1. The molecule has 0 unspecified atom stereocenters. The molecule has 0 saturated carbocycles. The van der Waals surface area contributed by atoms with Crippen LogP contribution in [0.3, 0.4) is 0 Å². The largest absolute Gasteiger partial charge is 0.404 e. The van der Waals surface area contributed by atoms with Crippen molar-refractivity contribution in [1.29, 1.82) is 0 Å². The first-order valence-electron chi connectivity index (χ1n) is 10.9. The van der Waals surface area contributed by atoms with Gasteiger partial charge in [0.2, 0.25) is 0 Å². The van der Waals surface area contributed by atoms with Gasteiger partial charge in [-0.2, -0.15) is 0 Å². The molecule has 1 aliphatic rings. The summed E-state index contributed by atoms with van der Waals surface area (Å²) in [6.45, 7) is 9.77.